The van der Waals surface area contributed by atoms with E-state index in [0.29, 0.717) is 6.54 Å². The van der Waals surface area contributed by atoms with E-state index in [0.717, 1.165) is 32.1 Å². The summed E-state index contributed by atoms with van der Waals surface area (Å²) in [6.07, 6.45) is 4.63. The van der Waals surface area contributed by atoms with E-state index < -0.39 is 11.5 Å². The van der Waals surface area contributed by atoms with Gasteiger partial charge in [0.2, 0.25) is 0 Å². The minimum Gasteiger partial charge on any atom is -0.481 e. The van der Waals surface area contributed by atoms with Crippen molar-refractivity contribution in [3.63, 3.8) is 0 Å². The average Bonchev–Trinajstić information content (AvgIpc) is 2.17. The molecule has 1 rings (SSSR count). The Kier molecular flexibility index (Phi) is 4.58. The molecule has 0 aliphatic heterocycles. The van der Waals surface area contributed by atoms with Gasteiger partial charge in [0.05, 0.1) is 12.0 Å². The second-order valence-electron chi connectivity index (χ2n) is 4.40. The van der Waals surface area contributed by atoms with Gasteiger partial charge in [-0.05, 0) is 19.8 Å². The van der Waals surface area contributed by atoms with Crippen molar-refractivity contribution in [2.24, 2.45) is 0 Å². The Morgan fingerprint density at radius 3 is 2.38 bits per heavy atom. The van der Waals surface area contributed by atoms with Crippen molar-refractivity contribution < 1.29 is 14.7 Å². The fourth-order valence-electron chi connectivity index (χ4n) is 2.31. The monoisotopic (exact) mass is 228 g/mol. The van der Waals surface area contributed by atoms with Crippen molar-refractivity contribution in [3.05, 3.63) is 0 Å². The van der Waals surface area contributed by atoms with Crippen molar-refractivity contribution >= 4 is 12.0 Å². The molecular weight excluding hydrogens is 208 g/mol. The summed E-state index contributed by atoms with van der Waals surface area (Å²) in [6.45, 7) is 2.39. The number of hydrogen-bond donors (Lipinski definition) is 3. The first-order valence-electron chi connectivity index (χ1n) is 5.86. The van der Waals surface area contributed by atoms with E-state index in [1.807, 2.05) is 6.92 Å². The molecule has 0 saturated heterocycles. The molecule has 0 bridgehead atoms. The molecule has 0 aromatic heterocycles. The van der Waals surface area contributed by atoms with Crippen LogP contribution < -0.4 is 10.6 Å². The van der Waals surface area contributed by atoms with Gasteiger partial charge in [-0.25, -0.2) is 4.79 Å². The number of hydrogen-bond acceptors (Lipinski definition) is 2. The molecule has 0 aromatic rings. The molecule has 0 aromatic carbocycles. The topological polar surface area (TPSA) is 78.4 Å². The summed E-state index contributed by atoms with van der Waals surface area (Å²) in [4.78, 5) is 22.3. The maximum Gasteiger partial charge on any atom is 0.315 e. The number of carboxylic acid groups (broad SMARTS) is 1. The second-order valence-corrected chi connectivity index (χ2v) is 4.40. The fraction of sp³-hybridized carbons (Fsp3) is 0.818. The van der Waals surface area contributed by atoms with E-state index in [2.05, 4.69) is 10.6 Å². The van der Waals surface area contributed by atoms with E-state index >= 15 is 0 Å². The van der Waals surface area contributed by atoms with Gasteiger partial charge in [0, 0.05) is 6.54 Å². The molecule has 0 radical (unpaired) electrons. The fourth-order valence-corrected chi connectivity index (χ4v) is 2.31. The third-order valence-electron chi connectivity index (χ3n) is 3.02. The van der Waals surface area contributed by atoms with Gasteiger partial charge in [-0.3, -0.25) is 4.79 Å². The molecule has 2 amide bonds. The minimum absolute atomic E-state index is 0.0180. The van der Waals surface area contributed by atoms with Crippen LogP contribution in [-0.4, -0.2) is 29.2 Å². The molecule has 0 unspecified atom stereocenters. The summed E-state index contributed by atoms with van der Waals surface area (Å²) in [7, 11) is 0. The highest BCUT2D eigenvalue weighted by atomic mass is 16.4. The SMILES string of the molecule is CCNC(=O)NC1(CC(=O)O)CCCCC1. The maximum atomic E-state index is 11.5. The lowest BCUT2D eigenvalue weighted by Gasteiger charge is -2.36. The molecule has 1 saturated carbocycles. The number of carboxylic acids is 1. The Hall–Kier alpha value is -1.26. The molecule has 92 valence electrons. The zero-order valence-corrected chi connectivity index (χ0v) is 9.71. The highest BCUT2D eigenvalue weighted by Gasteiger charge is 2.35. The third-order valence-corrected chi connectivity index (χ3v) is 3.02. The third kappa shape index (κ3) is 3.72. The zero-order chi connectivity index (χ0) is 12.0. The van der Waals surface area contributed by atoms with Gasteiger partial charge in [-0.1, -0.05) is 19.3 Å². The largest absolute Gasteiger partial charge is 0.481 e. The van der Waals surface area contributed by atoms with Crippen LogP contribution in [0.2, 0.25) is 0 Å². The van der Waals surface area contributed by atoms with Gasteiger partial charge < -0.3 is 15.7 Å². The van der Waals surface area contributed by atoms with Crippen LogP contribution in [0.4, 0.5) is 4.79 Å². The Labute approximate surface area is 95.6 Å². The van der Waals surface area contributed by atoms with E-state index in [9.17, 15) is 9.59 Å². The van der Waals surface area contributed by atoms with Gasteiger partial charge in [0.1, 0.15) is 0 Å². The molecule has 5 nitrogen and oxygen atoms in total. The van der Waals surface area contributed by atoms with E-state index in [1.54, 1.807) is 0 Å². The molecule has 1 aliphatic carbocycles. The van der Waals surface area contributed by atoms with Crippen LogP contribution in [0, 0.1) is 0 Å². The van der Waals surface area contributed by atoms with Crippen LogP contribution in [-0.2, 0) is 4.79 Å². The predicted molar refractivity (Wildman–Crippen MR) is 60.3 cm³/mol. The summed E-state index contributed by atoms with van der Waals surface area (Å²) >= 11 is 0. The summed E-state index contributed by atoms with van der Waals surface area (Å²) in [6, 6.07) is -0.259. The van der Waals surface area contributed by atoms with Gasteiger partial charge in [-0.15, -0.1) is 0 Å². The molecular formula is C11H20N2O3. The van der Waals surface area contributed by atoms with Crippen LogP contribution in [0.3, 0.4) is 0 Å². The molecule has 3 N–H and O–H groups in total. The second kappa shape index (κ2) is 5.72. The first-order chi connectivity index (χ1) is 7.58. The molecule has 0 spiro atoms. The first kappa shape index (κ1) is 12.8. The molecule has 1 aliphatic rings. The number of nitrogens with one attached hydrogen (secondary N) is 2. The lowest BCUT2D eigenvalue weighted by molar-refractivity contribution is -0.139. The number of urea groups is 1. The number of amides is 2. The maximum absolute atomic E-state index is 11.5. The highest BCUT2D eigenvalue weighted by Crippen LogP contribution is 2.30. The zero-order valence-electron chi connectivity index (χ0n) is 9.71. The van der Waals surface area contributed by atoms with Crippen LogP contribution in [0.25, 0.3) is 0 Å². The van der Waals surface area contributed by atoms with Crippen LogP contribution in [0.15, 0.2) is 0 Å². The summed E-state index contributed by atoms with van der Waals surface area (Å²) in [5.41, 5.74) is -0.538. The average molecular weight is 228 g/mol. The Morgan fingerprint density at radius 2 is 1.88 bits per heavy atom. The lowest BCUT2D eigenvalue weighted by Crippen LogP contribution is -2.54. The van der Waals surface area contributed by atoms with Gasteiger partial charge >= 0.3 is 12.0 Å². The van der Waals surface area contributed by atoms with Gasteiger partial charge in [0.25, 0.3) is 0 Å². The van der Waals surface area contributed by atoms with E-state index in [-0.39, 0.29) is 12.5 Å². The van der Waals surface area contributed by atoms with Crippen molar-refractivity contribution in [2.45, 2.75) is 51.0 Å². The lowest BCUT2D eigenvalue weighted by atomic mass is 9.79. The van der Waals surface area contributed by atoms with E-state index in [4.69, 9.17) is 5.11 Å². The highest BCUT2D eigenvalue weighted by molar-refractivity contribution is 5.76. The van der Waals surface area contributed by atoms with Crippen LogP contribution >= 0.6 is 0 Å². The Balaban J connectivity index is 2.62. The van der Waals surface area contributed by atoms with E-state index in [1.165, 1.54) is 0 Å². The standard InChI is InChI=1S/C11H20N2O3/c1-2-12-10(16)13-11(8-9(14)15)6-4-3-5-7-11/h2-8H2,1H3,(H,14,15)(H2,12,13,16). The summed E-state index contributed by atoms with van der Waals surface area (Å²) < 4.78 is 0. The number of aliphatic carboxylic acids is 1. The van der Waals surface area contributed by atoms with Gasteiger partial charge in [0.15, 0.2) is 0 Å². The van der Waals surface area contributed by atoms with Crippen molar-refractivity contribution in [2.75, 3.05) is 6.54 Å². The van der Waals surface area contributed by atoms with Crippen molar-refractivity contribution in [1.29, 1.82) is 0 Å². The molecule has 1 fully saturated rings. The van der Waals surface area contributed by atoms with Gasteiger partial charge in [-0.2, -0.15) is 0 Å². The Bertz CT molecular complexity index is 260. The Morgan fingerprint density at radius 1 is 1.25 bits per heavy atom. The number of carbonyl (C=O) groups excluding carboxylic acids is 1. The molecule has 0 heterocycles. The summed E-state index contributed by atoms with van der Waals surface area (Å²) in [5.74, 6) is -0.848. The van der Waals surface area contributed by atoms with Crippen LogP contribution in [0.1, 0.15) is 45.4 Å². The predicted octanol–water partition coefficient (Wildman–Crippen LogP) is 1.48. The summed E-state index contributed by atoms with van der Waals surface area (Å²) in [5, 5.41) is 14.4. The normalized spacial score (nSPS) is 18.8. The number of carbonyl (C=O) groups is 2. The minimum atomic E-state index is -0.848. The molecule has 0 atom stereocenters. The van der Waals surface area contributed by atoms with Crippen molar-refractivity contribution in [3.8, 4) is 0 Å². The molecule has 5 heteroatoms. The van der Waals surface area contributed by atoms with Crippen LogP contribution in [0.5, 0.6) is 0 Å². The molecule has 16 heavy (non-hydrogen) atoms. The number of rotatable bonds is 4. The smallest absolute Gasteiger partial charge is 0.315 e. The quantitative estimate of drug-likeness (QED) is 0.682. The van der Waals surface area contributed by atoms with Crippen molar-refractivity contribution in [1.82, 2.24) is 10.6 Å². The first-order valence-corrected chi connectivity index (χ1v) is 5.86.